The van der Waals surface area contributed by atoms with Crippen LogP contribution in [0.25, 0.3) is 0 Å². The molecule has 0 bridgehead atoms. The Morgan fingerprint density at radius 2 is 2.47 bits per heavy atom. The molecule has 1 aliphatic rings. The summed E-state index contributed by atoms with van der Waals surface area (Å²) in [6.45, 7) is 2.61. The molecule has 1 aromatic heterocycles. The first kappa shape index (κ1) is 10.6. The summed E-state index contributed by atoms with van der Waals surface area (Å²) in [6, 6.07) is 1.32. The van der Waals surface area contributed by atoms with E-state index in [0.717, 1.165) is 12.8 Å². The van der Waals surface area contributed by atoms with Gasteiger partial charge in [-0.2, -0.15) is 0 Å². The fourth-order valence-corrected chi connectivity index (χ4v) is 1.92. The van der Waals surface area contributed by atoms with Gasteiger partial charge in [-0.15, -0.1) is 0 Å². The molecule has 15 heavy (non-hydrogen) atoms. The zero-order valence-corrected chi connectivity index (χ0v) is 9.28. The van der Waals surface area contributed by atoms with E-state index in [1.54, 1.807) is 0 Å². The van der Waals surface area contributed by atoms with Gasteiger partial charge < -0.3 is 4.74 Å². The van der Waals surface area contributed by atoms with Crippen molar-refractivity contribution >= 4 is 11.6 Å². The van der Waals surface area contributed by atoms with E-state index in [1.807, 2.05) is 6.92 Å². The fourth-order valence-electron chi connectivity index (χ4n) is 1.78. The molecule has 2 heterocycles. The molecular formula is C10H13ClN2O2. The smallest absolute Gasteiger partial charge is 0.254 e. The predicted octanol–water partition coefficient (Wildman–Crippen LogP) is 1.46. The molecule has 2 unspecified atom stereocenters. The lowest BCUT2D eigenvalue weighted by molar-refractivity contribution is 0.0450. The average molecular weight is 229 g/mol. The van der Waals surface area contributed by atoms with Crippen LogP contribution in [0.1, 0.15) is 19.8 Å². The normalized spacial score (nSPS) is 25.7. The molecule has 0 N–H and O–H groups in total. The fraction of sp³-hybridized carbons (Fsp3) is 0.600. The van der Waals surface area contributed by atoms with E-state index >= 15 is 0 Å². The maximum Gasteiger partial charge on any atom is 0.254 e. The molecule has 0 saturated carbocycles. The first-order valence-corrected chi connectivity index (χ1v) is 5.40. The molecule has 5 heteroatoms. The molecular weight excluding hydrogens is 216 g/mol. The molecule has 1 saturated heterocycles. The van der Waals surface area contributed by atoms with Gasteiger partial charge >= 0.3 is 0 Å². The summed E-state index contributed by atoms with van der Waals surface area (Å²) in [7, 11) is 0. The van der Waals surface area contributed by atoms with E-state index in [1.165, 1.54) is 17.0 Å². The molecule has 2 atom stereocenters. The Labute approximate surface area is 92.8 Å². The van der Waals surface area contributed by atoms with E-state index < -0.39 is 0 Å². The largest absolute Gasteiger partial charge is 0.373 e. The van der Waals surface area contributed by atoms with Gasteiger partial charge in [-0.25, -0.2) is 4.98 Å². The standard InChI is InChI=1S/C10H13ClN2O2/c1-7-2-3-8(15-7)5-13-6-12-9(11)4-10(13)14/h4,6-8H,2-3,5H2,1H3. The summed E-state index contributed by atoms with van der Waals surface area (Å²) in [5, 5.41) is 0.233. The first-order chi connectivity index (χ1) is 7.15. The SMILES string of the molecule is CC1CCC(Cn2cnc(Cl)cc2=O)O1. The number of hydrogen-bond acceptors (Lipinski definition) is 3. The molecule has 0 radical (unpaired) electrons. The van der Waals surface area contributed by atoms with Crippen molar-refractivity contribution in [3.8, 4) is 0 Å². The number of ether oxygens (including phenoxy) is 1. The third-order valence-electron chi connectivity index (χ3n) is 2.57. The molecule has 1 fully saturated rings. The zero-order chi connectivity index (χ0) is 10.8. The van der Waals surface area contributed by atoms with Crippen molar-refractivity contribution in [1.82, 2.24) is 9.55 Å². The van der Waals surface area contributed by atoms with Crippen LogP contribution >= 0.6 is 11.6 Å². The van der Waals surface area contributed by atoms with Crippen LogP contribution in [-0.2, 0) is 11.3 Å². The first-order valence-electron chi connectivity index (χ1n) is 5.02. The van der Waals surface area contributed by atoms with Crippen LogP contribution in [0.2, 0.25) is 5.15 Å². The molecule has 1 aromatic rings. The molecule has 0 spiro atoms. The molecule has 2 rings (SSSR count). The van der Waals surface area contributed by atoms with Gasteiger partial charge in [0.1, 0.15) is 5.15 Å². The summed E-state index contributed by atoms with van der Waals surface area (Å²) >= 11 is 5.60. The number of rotatable bonds is 2. The van der Waals surface area contributed by atoms with Gasteiger partial charge in [0.25, 0.3) is 5.56 Å². The average Bonchev–Trinajstić information content (AvgIpc) is 2.56. The highest BCUT2D eigenvalue weighted by atomic mass is 35.5. The van der Waals surface area contributed by atoms with Crippen molar-refractivity contribution in [2.75, 3.05) is 0 Å². The molecule has 0 aliphatic carbocycles. The second-order valence-corrected chi connectivity index (χ2v) is 4.24. The number of hydrogen-bond donors (Lipinski definition) is 0. The number of halogens is 1. The van der Waals surface area contributed by atoms with Crippen LogP contribution in [0.5, 0.6) is 0 Å². The maximum absolute atomic E-state index is 11.5. The number of aromatic nitrogens is 2. The van der Waals surface area contributed by atoms with Gasteiger partial charge in [-0.3, -0.25) is 9.36 Å². The van der Waals surface area contributed by atoms with Crippen molar-refractivity contribution in [2.45, 2.75) is 38.5 Å². The summed E-state index contributed by atoms with van der Waals surface area (Å²) < 4.78 is 7.17. The molecule has 1 aliphatic heterocycles. The van der Waals surface area contributed by atoms with E-state index in [2.05, 4.69) is 4.98 Å². The van der Waals surface area contributed by atoms with Gasteiger partial charge in [-0.05, 0) is 19.8 Å². The van der Waals surface area contributed by atoms with Crippen LogP contribution in [0.4, 0.5) is 0 Å². The van der Waals surface area contributed by atoms with E-state index in [0.29, 0.717) is 12.6 Å². The number of nitrogens with zero attached hydrogens (tertiary/aromatic N) is 2. The maximum atomic E-state index is 11.5. The van der Waals surface area contributed by atoms with Gasteiger partial charge in [-0.1, -0.05) is 11.6 Å². The Kier molecular flexibility index (Phi) is 3.07. The highest BCUT2D eigenvalue weighted by Gasteiger charge is 2.22. The minimum atomic E-state index is -0.127. The van der Waals surface area contributed by atoms with Gasteiger partial charge in [0.2, 0.25) is 0 Å². The van der Waals surface area contributed by atoms with Crippen LogP contribution in [-0.4, -0.2) is 21.8 Å². The van der Waals surface area contributed by atoms with Crippen molar-refractivity contribution < 1.29 is 4.74 Å². The van der Waals surface area contributed by atoms with E-state index in [-0.39, 0.29) is 16.8 Å². The second kappa shape index (κ2) is 4.33. The van der Waals surface area contributed by atoms with Crippen molar-refractivity contribution in [1.29, 1.82) is 0 Å². The van der Waals surface area contributed by atoms with Crippen LogP contribution in [0.15, 0.2) is 17.2 Å². The third kappa shape index (κ3) is 2.58. The summed E-state index contributed by atoms with van der Waals surface area (Å²) in [5.74, 6) is 0. The van der Waals surface area contributed by atoms with Crippen molar-refractivity contribution in [2.24, 2.45) is 0 Å². The second-order valence-electron chi connectivity index (χ2n) is 3.85. The monoisotopic (exact) mass is 228 g/mol. The minimum absolute atomic E-state index is 0.126. The third-order valence-corrected chi connectivity index (χ3v) is 2.77. The van der Waals surface area contributed by atoms with Gasteiger partial charge in [0.15, 0.2) is 0 Å². The van der Waals surface area contributed by atoms with Crippen molar-refractivity contribution in [3.05, 3.63) is 27.9 Å². The Balaban J connectivity index is 2.08. The Bertz CT molecular complexity index is 405. The lowest BCUT2D eigenvalue weighted by atomic mass is 10.2. The van der Waals surface area contributed by atoms with Crippen LogP contribution < -0.4 is 5.56 Å². The Hall–Kier alpha value is -0.870. The predicted molar refractivity (Wildman–Crippen MR) is 57.1 cm³/mol. The van der Waals surface area contributed by atoms with E-state index in [4.69, 9.17) is 16.3 Å². The van der Waals surface area contributed by atoms with Gasteiger partial charge in [0, 0.05) is 6.07 Å². The lowest BCUT2D eigenvalue weighted by Gasteiger charge is -2.12. The highest BCUT2D eigenvalue weighted by Crippen LogP contribution is 2.19. The lowest BCUT2D eigenvalue weighted by Crippen LogP contribution is -2.26. The summed E-state index contributed by atoms with van der Waals surface area (Å²) in [5.41, 5.74) is -0.127. The van der Waals surface area contributed by atoms with Gasteiger partial charge in [0.05, 0.1) is 25.1 Å². The topological polar surface area (TPSA) is 44.1 Å². The van der Waals surface area contributed by atoms with Crippen LogP contribution in [0, 0.1) is 0 Å². The van der Waals surface area contributed by atoms with Crippen molar-refractivity contribution in [3.63, 3.8) is 0 Å². The molecule has 82 valence electrons. The Morgan fingerprint density at radius 3 is 3.07 bits per heavy atom. The summed E-state index contributed by atoms with van der Waals surface area (Å²) in [4.78, 5) is 15.4. The quantitative estimate of drug-likeness (QED) is 0.720. The molecule has 4 nitrogen and oxygen atoms in total. The highest BCUT2D eigenvalue weighted by molar-refractivity contribution is 6.29. The minimum Gasteiger partial charge on any atom is -0.373 e. The summed E-state index contributed by atoms with van der Waals surface area (Å²) in [6.07, 6.45) is 3.94. The van der Waals surface area contributed by atoms with Crippen LogP contribution in [0.3, 0.4) is 0 Å². The Morgan fingerprint density at radius 1 is 1.67 bits per heavy atom. The zero-order valence-electron chi connectivity index (χ0n) is 8.52. The van der Waals surface area contributed by atoms with E-state index in [9.17, 15) is 4.79 Å². The molecule has 0 amide bonds. The molecule has 0 aromatic carbocycles.